The summed E-state index contributed by atoms with van der Waals surface area (Å²) >= 11 is 0. The van der Waals surface area contributed by atoms with Crippen LogP contribution < -0.4 is 0 Å². The Labute approximate surface area is 120 Å². The first-order valence-electron chi connectivity index (χ1n) is 7.24. The highest BCUT2D eigenvalue weighted by molar-refractivity contribution is 5.92. The Balaban J connectivity index is 2.25. The van der Waals surface area contributed by atoms with Gasteiger partial charge in [0.2, 0.25) is 0 Å². The number of Topliss-reactive ketones (excluding diaryl/α,β-unsaturated/α-hetero) is 1. The van der Waals surface area contributed by atoms with E-state index < -0.39 is 0 Å². The summed E-state index contributed by atoms with van der Waals surface area (Å²) in [5.74, 6) is 0.371. The zero-order valence-corrected chi connectivity index (χ0v) is 12.4. The summed E-state index contributed by atoms with van der Waals surface area (Å²) in [6, 6.07) is 14.3. The molecule has 0 N–H and O–H groups in total. The third kappa shape index (κ3) is 3.26. The zero-order chi connectivity index (χ0) is 14.5. The van der Waals surface area contributed by atoms with Crippen LogP contribution in [-0.2, 0) is 16.0 Å². The first-order valence-corrected chi connectivity index (χ1v) is 7.24. The van der Waals surface area contributed by atoms with E-state index in [9.17, 15) is 4.79 Å². The predicted octanol–water partition coefficient (Wildman–Crippen LogP) is 4.01. The normalized spacial score (nSPS) is 12.8. The van der Waals surface area contributed by atoms with E-state index in [4.69, 9.17) is 4.74 Å². The SMILES string of the molecule is CCOC(C(=O)Cc1cccc2ccccc12)C(C)C. The molecule has 20 heavy (non-hydrogen) atoms. The number of carbonyl (C=O) groups is 1. The summed E-state index contributed by atoms with van der Waals surface area (Å²) < 4.78 is 5.60. The fourth-order valence-electron chi connectivity index (χ4n) is 2.57. The van der Waals surface area contributed by atoms with Crippen LogP contribution in [0, 0.1) is 5.92 Å². The number of ketones is 1. The van der Waals surface area contributed by atoms with Crippen molar-refractivity contribution >= 4 is 16.6 Å². The molecule has 0 radical (unpaired) electrons. The van der Waals surface area contributed by atoms with Crippen molar-refractivity contribution in [3.05, 3.63) is 48.0 Å². The summed E-state index contributed by atoms with van der Waals surface area (Å²) in [5, 5.41) is 2.33. The number of fused-ring (bicyclic) bond motifs is 1. The topological polar surface area (TPSA) is 26.3 Å². The van der Waals surface area contributed by atoms with E-state index in [1.54, 1.807) is 0 Å². The van der Waals surface area contributed by atoms with Gasteiger partial charge in [-0.15, -0.1) is 0 Å². The average Bonchev–Trinajstić information content (AvgIpc) is 2.44. The van der Waals surface area contributed by atoms with Gasteiger partial charge in [-0.25, -0.2) is 0 Å². The summed E-state index contributed by atoms with van der Waals surface area (Å²) in [6.07, 6.45) is 0.128. The Morgan fingerprint density at radius 1 is 1.10 bits per heavy atom. The molecule has 0 bridgehead atoms. The van der Waals surface area contributed by atoms with Crippen LogP contribution in [0.4, 0.5) is 0 Å². The standard InChI is InChI=1S/C18H22O2/c1-4-20-18(13(2)3)17(19)12-15-10-7-9-14-8-5-6-11-16(14)15/h5-11,13,18H,4,12H2,1-3H3. The van der Waals surface area contributed by atoms with Crippen molar-refractivity contribution in [1.82, 2.24) is 0 Å². The highest BCUT2D eigenvalue weighted by Gasteiger charge is 2.22. The van der Waals surface area contributed by atoms with Crippen LogP contribution in [0.3, 0.4) is 0 Å². The third-order valence-electron chi connectivity index (χ3n) is 3.51. The van der Waals surface area contributed by atoms with Crippen LogP contribution in [-0.4, -0.2) is 18.5 Å². The van der Waals surface area contributed by atoms with Crippen molar-refractivity contribution in [3.8, 4) is 0 Å². The zero-order valence-electron chi connectivity index (χ0n) is 12.4. The van der Waals surface area contributed by atoms with Crippen molar-refractivity contribution in [3.63, 3.8) is 0 Å². The molecule has 0 spiro atoms. The quantitative estimate of drug-likeness (QED) is 0.792. The molecule has 0 aliphatic rings. The van der Waals surface area contributed by atoms with E-state index in [0.717, 1.165) is 10.9 Å². The second-order valence-electron chi connectivity index (χ2n) is 5.40. The minimum absolute atomic E-state index is 0.165. The summed E-state index contributed by atoms with van der Waals surface area (Å²) in [7, 11) is 0. The third-order valence-corrected chi connectivity index (χ3v) is 3.51. The molecule has 0 fully saturated rings. The lowest BCUT2D eigenvalue weighted by molar-refractivity contribution is -0.132. The maximum atomic E-state index is 12.5. The van der Waals surface area contributed by atoms with Gasteiger partial charge >= 0.3 is 0 Å². The van der Waals surface area contributed by atoms with Crippen molar-refractivity contribution in [1.29, 1.82) is 0 Å². The Kier molecular flexibility index (Phi) is 4.91. The predicted molar refractivity (Wildman–Crippen MR) is 82.9 cm³/mol. The molecule has 2 aromatic rings. The van der Waals surface area contributed by atoms with E-state index in [1.165, 1.54) is 5.39 Å². The average molecular weight is 270 g/mol. The highest BCUT2D eigenvalue weighted by atomic mass is 16.5. The molecule has 2 rings (SSSR count). The number of hydrogen-bond acceptors (Lipinski definition) is 2. The minimum atomic E-state index is -0.307. The lowest BCUT2D eigenvalue weighted by Crippen LogP contribution is -2.31. The van der Waals surface area contributed by atoms with E-state index in [1.807, 2.05) is 45.0 Å². The molecular weight excluding hydrogens is 248 g/mol. The summed E-state index contributed by atoms with van der Waals surface area (Å²) in [6.45, 7) is 6.56. The highest BCUT2D eigenvalue weighted by Crippen LogP contribution is 2.20. The van der Waals surface area contributed by atoms with Crippen LogP contribution in [0.1, 0.15) is 26.3 Å². The molecule has 0 heterocycles. The molecule has 2 nitrogen and oxygen atoms in total. The van der Waals surface area contributed by atoms with E-state index in [0.29, 0.717) is 13.0 Å². The molecule has 0 amide bonds. The summed E-state index contributed by atoms with van der Waals surface area (Å²) in [5.41, 5.74) is 1.08. The number of hydrogen-bond donors (Lipinski definition) is 0. The van der Waals surface area contributed by atoms with Gasteiger partial charge in [0.05, 0.1) is 0 Å². The second kappa shape index (κ2) is 6.67. The maximum Gasteiger partial charge on any atom is 0.166 e. The van der Waals surface area contributed by atoms with Crippen LogP contribution in [0.2, 0.25) is 0 Å². The van der Waals surface area contributed by atoms with Gasteiger partial charge in [-0.2, -0.15) is 0 Å². The lowest BCUT2D eigenvalue weighted by atomic mass is 9.95. The maximum absolute atomic E-state index is 12.5. The fourth-order valence-corrected chi connectivity index (χ4v) is 2.57. The van der Waals surface area contributed by atoms with Crippen LogP contribution in [0.25, 0.3) is 10.8 Å². The fraction of sp³-hybridized carbons (Fsp3) is 0.389. The molecule has 1 unspecified atom stereocenters. The Morgan fingerprint density at radius 3 is 2.50 bits per heavy atom. The van der Waals surface area contributed by atoms with Crippen LogP contribution in [0.5, 0.6) is 0 Å². The molecule has 2 heteroatoms. The van der Waals surface area contributed by atoms with Gasteiger partial charge in [-0.05, 0) is 29.2 Å². The molecule has 2 aromatic carbocycles. The second-order valence-corrected chi connectivity index (χ2v) is 5.40. The number of rotatable bonds is 6. The first-order chi connectivity index (χ1) is 9.63. The Bertz CT molecular complexity index is 581. The Hall–Kier alpha value is -1.67. The molecule has 0 aliphatic carbocycles. The van der Waals surface area contributed by atoms with Crippen LogP contribution in [0.15, 0.2) is 42.5 Å². The van der Waals surface area contributed by atoms with E-state index >= 15 is 0 Å². The molecule has 0 saturated carbocycles. The van der Waals surface area contributed by atoms with Crippen molar-refractivity contribution in [2.45, 2.75) is 33.3 Å². The Morgan fingerprint density at radius 2 is 1.80 bits per heavy atom. The van der Waals surface area contributed by atoms with Gasteiger partial charge in [0.1, 0.15) is 6.10 Å². The lowest BCUT2D eigenvalue weighted by Gasteiger charge is -2.19. The molecule has 1 atom stereocenters. The first kappa shape index (κ1) is 14.7. The van der Waals surface area contributed by atoms with Crippen LogP contribution >= 0.6 is 0 Å². The van der Waals surface area contributed by atoms with Crippen molar-refractivity contribution in [2.24, 2.45) is 5.92 Å². The van der Waals surface area contributed by atoms with Crippen molar-refractivity contribution < 1.29 is 9.53 Å². The molecule has 0 aliphatic heterocycles. The van der Waals surface area contributed by atoms with Gasteiger partial charge in [-0.1, -0.05) is 56.3 Å². The number of ether oxygens (including phenoxy) is 1. The number of carbonyl (C=O) groups excluding carboxylic acids is 1. The van der Waals surface area contributed by atoms with Gasteiger partial charge < -0.3 is 4.74 Å². The largest absolute Gasteiger partial charge is 0.370 e. The number of benzene rings is 2. The minimum Gasteiger partial charge on any atom is -0.370 e. The molecule has 0 aromatic heterocycles. The summed E-state index contributed by atoms with van der Waals surface area (Å²) in [4.78, 5) is 12.5. The van der Waals surface area contributed by atoms with E-state index in [2.05, 4.69) is 18.2 Å². The molecule has 0 saturated heterocycles. The van der Waals surface area contributed by atoms with Gasteiger partial charge in [0.15, 0.2) is 5.78 Å². The van der Waals surface area contributed by atoms with Gasteiger partial charge in [0, 0.05) is 13.0 Å². The van der Waals surface area contributed by atoms with Crippen molar-refractivity contribution in [2.75, 3.05) is 6.61 Å². The smallest absolute Gasteiger partial charge is 0.166 e. The molecular formula is C18H22O2. The monoisotopic (exact) mass is 270 g/mol. The van der Waals surface area contributed by atoms with Gasteiger partial charge in [-0.3, -0.25) is 4.79 Å². The van der Waals surface area contributed by atoms with E-state index in [-0.39, 0.29) is 17.8 Å². The molecule has 106 valence electrons. The van der Waals surface area contributed by atoms with Gasteiger partial charge in [0.25, 0.3) is 0 Å².